The molecule has 2 aliphatic rings. The lowest BCUT2D eigenvalue weighted by Crippen LogP contribution is -2.47. The lowest BCUT2D eigenvalue weighted by Gasteiger charge is -2.32. The predicted octanol–water partition coefficient (Wildman–Crippen LogP) is 0.269. The van der Waals surface area contributed by atoms with Crippen LogP contribution in [0.4, 0.5) is 5.82 Å². The molecule has 0 spiro atoms. The van der Waals surface area contributed by atoms with Crippen LogP contribution in [0, 0.1) is 5.92 Å². The first-order valence-corrected chi connectivity index (χ1v) is 9.79. The molecule has 2 aliphatic heterocycles. The van der Waals surface area contributed by atoms with Gasteiger partial charge in [0.15, 0.2) is 0 Å². The van der Waals surface area contributed by atoms with Gasteiger partial charge in [0.25, 0.3) is 5.91 Å². The molecule has 8 nitrogen and oxygen atoms in total. The number of piperazine rings is 1. The number of likely N-dealkylation sites (tertiary alicyclic amines) is 1. The van der Waals surface area contributed by atoms with Crippen molar-refractivity contribution in [2.75, 3.05) is 85.1 Å². The zero-order valence-corrected chi connectivity index (χ0v) is 16.8. The summed E-state index contributed by atoms with van der Waals surface area (Å²) in [5.74, 6) is 1.36. The molecule has 0 N–H and O–H groups in total. The molecule has 1 unspecified atom stereocenters. The second-order valence-corrected chi connectivity index (χ2v) is 7.69. The van der Waals surface area contributed by atoms with Crippen molar-refractivity contribution in [3.05, 3.63) is 18.1 Å². The average molecular weight is 377 g/mol. The highest BCUT2D eigenvalue weighted by molar-refractivity contribution is 5.92. The molecule has 3 heterocycles. The maximum atomic E-state index is 12.7. The molecule has 8 heteroatoms. The van der Waals surface area contributed by atoms with Gasteiger partial charge >= 0.3 is 0 Å². The first-order chi connectivity index (χ1) is 13.1. The fourth-order valence-corrected chi connectivity index (χ4v) is 3.78. The lowest BCUT2D eigenvalue weighted by molar-refractivity contribution is 0.0658. The summed E-state index contributed by atoms with van der Waals surface area (Å²) < 4.78 is 5.17. The van der Waals surface area contributed by atoms with Crippen LogP contribution in [0.1, 0.15) is 16.9 Å². The third kappa shape index (κ3) is 5.37. The van der Waals surface area contributed by atoms with Crippen molar-refractivity contribution < 1.29 is 9.53 Å². The Hall–Kier alpha value is -1.77. The minimum absolute atomic E-state index is 0.0162. The number of methoxy groups -OCH3 is 1. The van der Waals surface area contributed by atoms with Gasteiger partial charge in [0, 0.05) is 60.0 Å². The van der Waals surface area contributed by atoms with Crippen molar-refractivity contribution in [1.82, 2.24) is 24.7 Å². The fourth-order valence-electron chi connectivity index (χ4n) is 3.78. The summed E-state index contributed by atoms with van der Waals surface area (Å²) >= 11 is 0. The summed E-state index contributed by atoms with van der Waals surface area (Å²) in [6.07, 6.45) is 4.51. The van der Waals surface area contributed by atoms with Crippen molar-refractivity contribution in [3.63, 3.8) is 0 Å². The number of amides is 1. The molecule has 1 amide bonds. The van der Waals surface area contributed by atoms with E-state index in [1.165, 1.54) is 6.42 Å². The van der Waals surface area contributed by atoms with Gasteiger partial charge in [-0.05, 0) is 25.9 Å². The van der Waals surface area contributed by atoms with E-state index >= 15 is 0 Å². The third-order valence-corrected chi connectivity index (χ3v) is 5.54. The smallest absolute Gasteiger partial charge is 0.274 e. The molecule has 1 aromatic rings. The van der Waals surface area contributed by atoms with Gasteiger partial charge in [-0.1, -0.05) is 0 Å². The summed E-state index contributed by atoms with van der Waals surface area (Å²) in [4.78, 5) is 30.3. The number of hydrogen-bond acceptors (Lipinski definition) is 7. The summed E-state index contributed by atoms with van der Waals surface area (Å²) in [5.41, 5.74) is 0.442. The Morgan fingerprint density at radius 1 is 1.26 bits per heavy atom. The first kappa shape index (κ1) is 20.0. The summed E-state index contributed by atoms with van der Waals surface area (Å²) in [7, 11) is 5.86. The summed E-state index contributed by atoms with van der Waals surface area (Å²) in [5, 5.41) is 0. The van der Waals surface area contributed by atoms with E-state index in [0.29, 0.717) is 11.6 Å². The Bertz CT molecular complexity index is 620. The number of anilines is 1. The Kier molecular flexibility index (Phi) is 6.98. The average Bonchev–Trinajstić information content (AvgIpc) is 3.13. The van der Waals surface area contributed by atoms with Gasteiger partial charge < -0.3 is 24.3 Å². The SMILES string of the molecule is COCCN1CCC(CN(C)c2cncc(C(=O)N3CCN(C)CC3)n2)C1. The fraction of sp³-hybridized carbons (Fsp3) is 0.737. The van der Waals surface area contributed by atoms with E-state index in [-0.39, 0.29) is 5.91 Å². The van der Waals surface area contributed by atoms with Gasteiger partial charge in [0.2, 0.25) is 0 Å². The van der Waals surface area contributed by atoms with Gasteiger partial charge in [-0.15, -0.1) is 0 Å². The van der Waals surface area contributed by atoms with Crippen molar-refractivity contribution in [2.45, 2.75) is 6.42 Å². The molecule has 0 aromatic carbocycles. The largest absolute Gasteiger partial charge is 0.383 e. The number of nitrogens with zero attached hydrogens (tertiary/aromatic N) is 6. The van der Waals surface area contributed by atoms with Gasteiger partial charge in [0.05, 0.1) is 19.0 Å². The molecule has 1 aromatic heterocycles. The van der Waals surface area contributed by atoms with Gasteiger partial charge in [-0.2, -0.15) is 0 Å². The van der Waals surface area contributed by atoms with Crippen LogP contribution in [-0.4, -0.2) is 111 Å². The van der Waals surface area contributed by atoms with E-state index < -0.39 is 0 Å². The standard InChI is InChI=1S/C19H32N6O2/c1-22-6-8-25(9-7-22)19(26)17-12-20-13-18(21-17)23(2)14-16-4-5-24(15-16)10-11-27-3/h12-13,16H,4-11,14-15H2,1-3H3. The zero-order valence-electron chi connectivity index (χ0n) is 16.8. The second-order valence-electron chi connectivity index (χ2n) is 7.69. The maximum Gasteiger partial charge on any atom is 0.274 e. The first-order valence-electron chi connectivity index (χ1n) is 9.79. The molecule has 1 atom stereocenters. The highest BCUT2D eigenvalue weighted by Gasteiger charge is 2.25. The van der Waals surface area contributed by atoms with E-state index in [1.807, 2.05) is 11.9 Å². The van der Waals surface area contributed by atoms with Crippen molar-refractivity contribution >= 4 is 11.7 Å². The van der Waals surface area contributed by atoms with Crippen molar-refractivity contribution in [3.8, 4) is 0 Å². The zero-order chi connectivity index (χ0) is 19.2. The van der Waals surface area contributed by atoms with E-state index in [4.69, 9.17) is 4.74 Å². The number of aromatic nitrogens is 2. The van der Waals surface area contributed by atoms with Crippen LogP contribution < -0.4 is 4.90 Å². The topological polar surface area (TPSA) is 65.0 Å². The van der Waals surface area contributed by atoms with E-state index in [2.05, 4.69) is 31.7 Å². The molecular weight excluding hydrogens is 344 g/mol. The third-order valence-electron chi connectivity index (χ3n) is 5.54. The number of hydrogen-bond donors (Lipinski definition) is 0. The molecular formula is C19H32N6O2. The molecule has 0 bridgehead atoms. The predicted molar refractivity (Wildman–Crippen MR) is 105 cm³/mol. The van der Waals surface area contributed by atoms with Crippen LogP contribution >= 0.6 is 0 Å². The minimum atomic E-state index is -0.0162. The summed E-state index contributed by atoms with van der Waals surface area (Å²) in [6, 6.07) is 0. The number of carbonyl (C=O) groups is 1. The molecule has 27 heavy (non-hydrogen) atoms. The van der Waals surface area contributed by atoms with Crippen molar-refractivity contribution in [2.24, 2.45) is 5.92 Å². The highest BCUT2D eigenvalue weighted by atomic mass is 16.5. The van der Waals surface area contributed by atoms with Crippen LogP contribution in [0.3, 0.4) is 0 Å². The molecule has 2 fully saturated rings. The molecule has 0 radical (unpaired) electrons. The van der Waals surface area contributed by atoms with Crippen molar-refractivity contribution in [1.29, 1.82) is 0 Å². The molecule has 0 saturated carbocycles. The van der Waals surface area contributed by atoms with Crippen LogP contribution in [0.25, 0.3) is 0 Å². The normalized spacial score (nSPS) is 21.6. The van der Waals surface area contributed by atoms with Crippen LogP contribution in [0.15, 0.2) is 12.4 Å². The Balaban J connectivity index is 1.56. The summed E-state index contributed by atoms with van der Waals surface area (Å²) in [6.45, 7) is 8.20. The molecule has 3 rings (SSSR count). The van der Waals surface area contributed by atoms with Gasteiger partial charge in [0.1, 0.15) is 11.5 Å². The van der Waals surface area contributed by atoms with Gasteiger partial charge in [-0.3, -0.25) is 9.78 Å². The Morgan fingerprint density at radius 3 is 2.78 bits per heavy atom. The van der Waals surface area contributed by atoms with Crippen LogP contribution in [-0.2, 0) is 4.74 Å². The minimum Gasteiger partial charge on any atom is -0.383 e. The van der Waals surface area contributed by atoms with E-state index in [9.17, 15) is 4.79 Å². The molecule has 150 valence electrons. The molecule has 2 saturated heterocycles. The second kappa shape index (κ2) is 9.43. The quantitative estimate of drug-likeness (QED) is 0.677. The van der Waals surface area contributed by atoms with E-state index in [0.717, 1.165) is 64.8 Å². The van der Waals surface area contributed by atoms with Crippen LogP contribution in [0.2, 0.25) is 0 Å². The maximum absolute atomic E-state index is 12.7. The number of ether oxygens (including phenoxy) is 1. The monoisotopic (exact) mass is 376 g/mol. The lowest BCUT2D eigenvalue weighted by atomic mass is 10.1. The number of carbonyl (C=O) groups excluding carboxylic acids is 1. The Labute approximate surface area is 162 Å². The van der Waals surface area contributed by atoms with E-state index in [1.54, 1.807) is 19.5 Å². The highest BCUT2D eigenvalue weighted by Crippen LogP contribution is 2.19. The van der Waals surface area contributed by atoms with Gasteiger partial charge in [-0.25, -0.2) is 4.98 Å². The van der Waals surface area contributed by atoms with Crippen LogP contribution in [0.5, 0.6) is 0 Å². The Morgan fingerprint density at radius 2 is 2.04 bits per heavy atom. The molecule has 0 aliphatic carbocycles. The number of likely N-dealkylation sites (N-methyl/N-ethyl adjacent to an activating group) is 1. The number of rotatable bonds is 7.